The Morgan fingerprint density at radius 2 is 2.06 bits per heavy atom. The van der Waals surface area contributed by atoms with E-state index >= 15 is 0 Å². The van der Waals surface area contributed by atoms with Crippen LogP contribution in [0.1, 0.15) is 25.0 Å². The van der Waals surface area contributed by atoms with Gasteiger partial charge < -0.3 is 15.2 Å². The Hall–Kier alpha value is -1.55. The van der Waals surface area contributed by atoms with Crippen molar-refractivity contribution in [2.75, 3.05) is 19.0 Å². The molecule has 0 bridgehead atoms. The zero-order valence-electron chi connectivity index (χ0n) is 9.56. The molecule has 1 rings (SSSR count). The van der Waals surface area contributed by atoms with Crippen molar-refractivity contribution >= 4 is 11.7 Å². The molecule has 0 aliphatic carbocycles. The van der Waals surface area contributed by atoms with Gasteiger partial charge in [-0.2, -0.15) is 0 Å². The Balaban J connectivity index is 2.58. The van der Waals surface area contributed by atoms with Crippen molar-refractivity contribution in [1.82, 2.24) is 0 Å². The van der Waals surface area contributed by atoms with Gasteiger partial charge in [0.1, 0.15) is 0 Å². The second kappa shape index (κ2) is 6.12. The minimum Gasteiger partial charge on any atom is -0.466 e. The summed E-state index contributed by atoms with van der Waals surface area (Å²) in [5, 5.41) is 12.7. The molecule has 4 heteroatoms. The lowest BCUT2D eigenvalue weighted by Crippen LogP contribution is -2.10. The summed E-state index contributed by atoms with van der Waals surface area (Å²) in [4.78, 5) is 11.2. The number of nitrogens with one attached hydrogen (secondary N) is 1. The molecule has 0 saturated heterocycles. The van der Waals surface area contributed by atoms with E-state index in [1.54, 1.807) is 19.1 Å². The minimum atomic E-state index is -0.801. The molecule has 0 saturated carbocycles. The summed E-state index contributed by atoms with van der Waals surface area (Å²) >= 11 is 0. The van der Waals surface area contributed by atoms with E-state index in [9.17, 15) is 9.90 Å². The molecule has 1 aromatic rings. The summed E-state index contributed by atoms with van der Waals surface area (Å²) in [6, 6.07) is 7.28. The number of ether oxygens (including phenoxy) is 1. The van der Waals surface area contributed by atoms with Crippen LogP contribution in [0.3, 0.4) is 0 Å². The highest BCUT2D eigenvalue weighted by Gasteiger charge is 2.13. The van der Waals surface area contributed by atoms with E-state index in [0.717, 1.165) is 5.69 Å². The van der Waals surface area contributed by atoms with E-state index in [4.69, 9.17) is 4.74 Å². The van der Waals surface area contributed by atoms with E-state index in [-0.39, 0.29) is 12.4 Å². The Morgan fingerprint density at radius 3 is 2.56 bits per heavy atom. The van der Waals surface area contributed by atoms with Crippen molar-refractivity contribution in [2.45, 2.75) is 19.4 Å². The molecular weight excluding hydrogens is 206 g/mol. The predicted octanol–water partition coefficient (Wildman–Crippen LogP) is 1.71. The van der Waals surface area contributed by atoms with Gasteiger partial charge in [-0.25, -0.2) is 0 Å². The molecule has 1 unspecified atom stereocenters. The number of esters is 1. The Labute approximate surface area is 95.2 Å². The fraction of sp³-hybridized carbons (Fsp3) is 0.417. The SMILES string of the molecule is CCOC(=O)CC(O)c1ccc(NC)cc1. The van der Waals surface area contributed by atoms with Gasteiger partial charge in [-0.1, -0.05) is 12.1 Å². The number of anilines is 1. The third kappa shape index (κ3) is 3.55. The van der Waals surface area contributed by atoms with Crippen LogP contribution in [0.5, 0.6) is 0 Å². The number of hydrogen-bond acceptors (Lipinski definition) is 4. The van der Waals surface area contributed by atoms with Crippen LogP contribution in [-0.4, -0.2) is 24.7 Å². The molecule has 88 valence electrons. The molecule has 1 aromatic carbocycles. The molecule has 0 fully saturated rings. The second-order valence-corrected chi connectivity index (χ2v) is 3.40. The molecule has 0 spiro atoms. The van der Waals surface area contributed by atoms with Gasteiger partial charge in [-0.05, 0) is 24.6 Å². The third-order valence-corrected chi connectivity index (χ3v) is 2.25. The van der Waals surface area contributed by atoms with Crippen molar-refractivity contribution in [3.63, 3.8) is 0 Å². The molecule has 1 atom stereocenters. The molecule has 0 aliphatic heterocycles. The smallest absolute Gasteiger partial charge is 0.308 e. The van der Waals surface area contributed by atoms with Gasteiger partial charge in [0, 0.05) is 12.7 Å². The van der Waals surface area contributed by atoms with Gasteiger partial charge in [0.25, 0.3) is 0 Å². The van der Waals surface area contributed by atoms with Gasteiger partial charge in [0.15, 0.2) is 0 Å². The number of carbonyl (C=O) groups excluding carboxylic acids is 1. The average Bonchev–Trinajstić information content (AvgIpc) is 2.29. The summed E-state index contributed by atoms with van der Waals surface area (Å²) < 4.78 is 4.77. The van der Waals surface area contributed by atoms with E-state index < -0.39 is 6.10 Å². The fourth-order valence-electron chi connectivity index (χ4n) is 1.37. The van der Waals surface area contributed by atoms with Crippen molar-refractivity contribution in [3.05, 3.63) is 29.8 Å². The molecule has 16 heavy (non-hydrogen) atoms. The van der Waals surface area contributed by atoms with E-state index in [1.165, 1.54) is 0 Å². The maximum Gasteiger partial charge on any atom is 0.308 e. The first-order valence-electron chi connectivity index (χ1n) is 5.28. The third-order valence-electron chi connectivity index (χ3n) is 2.25. The van der Waals surface area contributed by atoms with E-state index in [1.807, 2.05) is 19.2 Å². The van der Waals surface area contributed by atoms with Crippen LogP contribution in [0, 0.1) is 0 Å². The monoisotopic (exact) mass is 223 g/mol. The largest absolute Gasteiger partial charge is 0.466 e. The van der Waals surface area contributed by atoms with Crippen LogP contribution in [0.2, 0.25) is 0 Å². The highest BCUT2D eigenvalue weighted by Crippen LogP contribution is 2.19. The average molecular weight is 223 g/mol. The summed E-state index contributed by atoms with van der Waals surface area (Å²) in [5.74, 6) is -0.382. The molecular formula is C12H17NO3. The van der Waals surface area contributed by atoms with Crippen molar-refractivity contribution in [1.29, 1.82) is 0 Å². The number of benzene rings is 1. The van der Waals surface area contributed by atoms with E-state index in [2.05, 4.69) is 5.32 Å². The van der Waals surface area contributed by atoms with Crippen molar-refractivity contribution < 1.29 is 14.6 Å². The molecule has 2 N–H and O–H groups in total. The number of rotatable bonds is 5. The summed E-state index contributed by atoms with van der Waals surface area (Å²) in [6.07, 6.45) is -0.808. The number of aliphatic hydroxyl groups excluding tert-OH is 1. The van der Waals surface area contributed by atoms with Gasteiger partial charge in [-0.3, -0.25) is 4.79 Å². The highest BCUT2D eigenvalue weighted by atomic mass is 16.5. The van der Waals surface area contributed by atoms with Crippen LogP contribution in [0.4, 0.5) is 5.69 Å². The molecule has 0 aliphatic rings. The fourth-order valence-corrected chi connectivity index (χ4v) is 1.37. The zero-order chi connectivity index (χ0) is 12.0. The quantitative estimate of drug-likeness (QED) is 0.746. The lowest BCUT2D eigenvalue weighted by atomic mass is 10.1. The van der Waals surface area contributed by atoms with Crippen molar-refractivity contribution in [2.24, 2.45) is 0 Å². The second-order valence-electron chi connectivity index (χ2n) is 3.40. The van der Waals surface area contributed by atoms with Crippen LogP contribution in [0.25, 0.3) is 0 Å². The number of carbonyl (C=O) groups is 1. The van der Waals surface area contributed by atoms with Gasteiger partial charge >= 0.3 is 5.97 Å². The first-order chi connectivity index (χ1) is 7.67. The topological polar surface area (TPSA) is 58.6 Å². The first kappa shape index (κ1) is 12.5. The van der Waals surface area contributed by atoms with Crippen LogP contribution < -0.4 is 5.32 Å². The predicted molar refractivity (Wildman–Crippen MR) is 62.2 cm³/mol. The van der Waals surface area contributed by atoms with Crippen molar-refractivity contribution in [3.8, 4) is 0 Å². The molecule has 0 amide bonds. The maximum atomic E-state index is 11.2. The summed E-state index contributed by atoms with van der Waals surface area (Å²) in [6.45, 7) is 2.08. The maximum absolute atomic E-state index is 11.2. The normalized spacial score (nSPS) is 11.9. The minimum absolute atomic E-state index is 0.00720. The molecule has 0 radical (unpaired) electrons. The summed E-state index contributed by atoms with van der Waals surface area (Å²) in [7, 11) is 1.82. The summed E-state index contributed by atoms with van der Waals surface area (Å²) in [5.41, 5.74) is 1.68. The number of aliphatic hydroxyl groups is 1. The Bertz CT molecular complexity index is 335. The van der Waals surface area contributed by atoms with E-state index in [0.29, 0.717) is 12.2 Å². The highest BCUT2D eigenvalue weighted by molar-refractivity contribution is 5.70. The number of hydrogen-bond donors (Lipinski definition) is 2. The van der Waals surface area contributed by atoms with Gasteiger partial charge in [-0.15, -0.1) is 0 Å². The van der Waals surface area contributed by atoms with Crippen LogP contribution in [-0.2, 0) is 9.53 Å². The van der Waals surface area contributed by atoms with Gasteiger partial charge in [0.2, 0.25) is 0 Å². The lowest BCUT2D eigenvalue weighted by molar-refractivity contribution is -0.145. The van der Waals surface area contributed by atoms with Gasteiger partial charge in [0.05, 0.1) is 19.1 Å². The Kier molecular flexibility index (Phi) is 4.79. The lowest BCUT2D eigenvalue weighted by Gasteiger charge is -2.10. The van der Waals surface area contributed by atoms with Crippen LogP contribution in [0.15, 0.2) is 24.3 Å². The first-order valence-corrected chi connectivity index (χ1v) is 5.28. The molecule has 0 aromatic heterocycles. The van der Waals surface area contributed by atoms with Crippen LogP contribution >= 0.6 is 0 Å². The molecule has 4 nitrogen and oxygen atoms in total. The zero-order valence-corrected chi connectivity index (χ0v) is 9.56. The molecule has 0 heterocycles. The Morgan fingerprint density at radius 1 is 1.44 bits per heavy atom. The standard InChI is InChI=1S/C12H17NO3/c1-3-16-12(15)8-11(14)9-4-6-10(13-2)7-5-9/h4-7,11,13-14H,3,8H2,1-2H3.